The van der Waals surface area contributed by atoms with Crippen LogP contribution >= 0.6 is 0 Å². The first-order chi connectivity index (χ1) is 9.27. The zero-order valence-corrected chi connectivity index (χ0v) is 13.9. The maximum absolute atomic E-state index is 4.42. The summed E-state index contributed by atoms with van der Waals surface area (Å²) in [4.78, 5) is 8.40. The van der Waals surface area contributed by atoms with Crippen molar-refractivity contribution >= 4 is 0 Å². The first-order valence-corrected chi connectivity index (χ1v) is 7.25. The largest absolute Gasteiger partial charge is 0.338 e. The molecule has 0 fully saturated rings. The molecule has 2 aromatic heterocycles. The molecule has 0 aliphatic heterocycles. The molecule has 0 saturated heterocycles. The normalized spacial score (nSPS) is 11.2. The van der Waals surface area contributed by atoms with Crippen LogP contribution in [0.1, 0.15) is 51.0 Å². The predicted octanol–water partition coefficient (Wildman–Crippen LogP) is 3.76. The first-order valence-electron chi connectivity index (χ1n) is 7.25. The van der Waals surface area contributed by atoms with Crippen molar-refractivity contribution < 1.29 is 0 Å². The molecular weight excluding hydrogens is 248 g/mol. The summed E-state index contributed by atoms with van der Waals surface area (Å²) in [7, 11) is 1.97. The van der Waals surface area contributed by atoms with Crippen LogP contribution in [0.3, 0.4) is 0 Å². The summed E-state index contributed by atoms with van der Waals surface area (Å²) in [6, 6.07) is 0. The maximum Gasteiger partial charge on any atom is 0.106 e. The van der Waals surface area contributed by atoms with Crippen molar-refractivity contribution in [2.75, 3.05) is 0 Å². The molecule has 0 N–H and O–H groups in total. The molecule has 112 valence electrons. The number of aryl methyl sites for hydroxylation is 4. The number of nitrogens with zero attached hydrogens (tertiary/aromatic N) is 4. The average Bonchev–Trinajstić information content (AvgIpc) is 2.87. The van der Waals surface area contributed by atoms with Gasteiger partial charge in [0, 0.05) is 31.2 Å². The summed E-state index contributed by atoms with van der Waals surface area (Å²) in [5.74, 6) is 2.18. The Morgan fingerprint density at radius 3 is 2.10 bits per heavy atom. The molecule has 20 heavy (non-hydrogen) atoms. The van der Waals surface area contributed by atoms with Crippen LogP contribution < -0.4 is 0 Å². The lowest BCUT2D eigenvalue weighted by atomic mass is 9.98. The molecule has 4 nitrogen and oxygen atoms in total. The molecule has 2 rings (SSSR count). The van der Waals surface area contributed by atoms with E-state index in [1.54, 1.807) is 6.20 Å². The lowest BCUT2D eigenvalue weighted by molar-refractivity contribution is 0.317. The Hall–Kier alpha value is -1.58. The molecule has 0 amide bonds. The summed E-state index contributed by atoms with van der Waals surface area (Å²) in [5, 5.41) is 0. The number of aromatic nitrogens is 4. The fourth-order valence-corrected chi connectivity index (χ4v) is 2.40. The van der Waals surface area contributed by atoms with E-state index in [0.29, 0.717) is 0 Å². The number of rotatable bonds is 3. The Kier molecular flexibility index (Phi) is 5.54. The Morgan fingerprint density at radius 1 is 1.15 bits per heavy atom. The minimum absolute atomic E-state index is 0.208. The van der Waals surface area contributed by atoms with Gasteiger partial charge >= 0.3 is 0 Å². The third-order valence-corrected chi connectivity index (χ3v) is 3.58. The second-order valence-corrected chi connectivity index (χ2v) is 5.95. The van der Waals surface area contributed by atoms with Crippen molar-refractivity contribution in [3.05, 3.63) is 35.9 Å². The Labute approximate surface area is 122 Å². The van der Waals surface area contributed by atoms with Gasteiger partial charge in [-0.25, -0.2) is 9.97 Å². The van der Waals surface area contributed by atoms with Gasteiger partial charge in [-0.3, -0.25) is 0 Å². The van der Waals surface area contributed by atoms with Crippen LogP contribution in [0, 0.1) is 20.8 Å². The fourth-order valence-electron chi connectivity index (χ4n) is 2.40. The van der Waals surface area contributed by atoms with Crippen molar-refractivity contribution in [2.45, 2.75) is 59.9 Å². The Balaban J connectivity index is 0.000000240. The first kappa shape index (κ1) is 16.5. The van der Waals surface area contributed by atoms with Crippen LogP contribution in [0.5, 0.6) is 0 Å². The van der Waals surface area contributed by atoms with Gasteiger partial charge in [-0.05, 0) is 41.0 Å². The van der Waals surface area contributed by atoms with Gasteiger partial charge in [-0.1, -0.05) is 13.3 Å². The van der Waals surface area contributed by atoms with Crippen LogP contribution in [0.15, 0.2) is 18.6 Å². The molecule has 0 spiro atoms. The Bertz CT molecular complexity index is 518. The van der Waals surface area contributed by atoms with Gasteiger partial charge in [-0.15, -0.1) is 0 Å². The van der Waals surface area contributed by atoms with Gasteiger partial charge < -0.3 is 9.13 Å². The minimum atomic E-state index is 0.208. The van der Waals surface area contributed by atoms with Gasteiger partial charge in [0.1, 0.15) is 11.6 Å². The molecule has 4 heteroatoms. The van der Waals surface area contributed by atoms with Crippen LogP contribution in [-0.2, 0) is 12.6 Å². The maximum atomic E-state index is 4.42. The van der Waals surface area contributed by atoms with E-state index in [1.807, 2.05) is 31.7 Å². The molecule has 2 heterocycles. The molecule has 0 radical (unpaired) electrons. The number of hydrogen-bond acceptors (Lipinski definition) is 2. The zero-order valence-electron chi connectivity index (χ0n) is 13.9. The van der Waals surface area contributed by atoms with E-state index in [-0.39, 0.29) is 5.54 Å². The van der Waals surface area contributed by atoms with Crippen molar-refractivity contribution in [3.8, 4) is 0 Å². The third kappa shape index (κ3) is 4.22. The SMILES string of the molecule is CCCC(C)(C)n1cc(C)nc1C.Cc1nccn1C. The molecule has 2 aromatic rings. The summed E-state index contributed by atoms with van der Waals surface area (Å²) in [6.45, 7) is 12.9. The Morgan fingerprint density at radius 2 is 1.80 bits per heavy atom. The molecule has 0 bridgehead atoms. The highest BCUT2D eigenvalue weighted by atomic mass is 15.1. The topological polar surface area (TPSA) is 35.6 Å². The molecule has 0 aromatic carbocycles. The molecule has 0 unspecified atom stereocenters. The van der Waals surface area contributed by atoms with Crippen molar-refractivity contribution in [2.24, 2.45) is 7.05 Å². The lowest BCUT2D eigenvalue weighted by Crippen LogP contribution is -2.26. The second-order valence-electron chi connectivity index (χ2n) is 5.95. The van der Waals surface area contributed by atoms with Crippen LogP contribution in [0.2, 0.25) is 0 Å². The summed E-state index contributed by atoms with van der Waals surface area (Å²) in [6.07, 6.45) is 8.27. The van der Waals surface area contributed by atoms with E-state index in [2.05, 4.69) is 48.4 Å². The zero-order chi connectivity index (χ0) is 15.3. The van der Waals surface area contributed by atoms with E-state index < -0.39 is 0 Å². The van der Waals surface area contributed by atoms with Crippen molar-refractivity contribution in [1.82, 2.24) is 19.1 Å². The van der Waals surface area contributed by atoms with E-state index in [9.17, 15) is 0 Å². The van der Waals surface area contributed by atoms with Crippen molar-refractivity contribution in [1.29, 1.82) is 0 Å². The van der Waals surface area contributed by atoms with Crippen LogP contribution in [0.25, 0.3) is 0 Å². The van der Waals surface area contributed by atoms with Gasteiger partial charge in [0.05, 0.1) is 5.69 Å². The van der Waals surface area contributed by atoms with Crippen LogP contribution in [0.4, 0.5) is 0 Å². The van der Waals surface area contributed by atoms with Gasteiger partial charge in [-0.2, -0.15) is 0 Å². The molecule has 0 saturated carbocycles. The monoisotopic (exact) mass is 276 g/mol. The third-order valence-electron chi connectivity index (χ3n) is 3.58. The summed E-state index contributed by atoms with van der Waals surface area (Å²) >= 11 is 0. The summed E-state index contributed by atoms with van der Waals surface area (Å²) in [5.41, 5.74) is 1.32. The van der Waals surface area contributed by atoms with Gasteiger partial charge in [0.2, 0.25) is 0 Å². The number of imidazole rings is 2. The van der Waals surface area contributed by atoms with E-state index in [1.165, 1.54) is 12.8 Å². The summed E-state index contributed by atoms with van der Waals surface area (Å²) < 4.78 is 4.26. The van der Waals surface area contributed by atoms with E-state index in [4.69, 9.17) is 0 Å². The smallest absolute Gasteiger partial charge is 0.106 e. The minimum Gasteiger partial charge on any atom is -0.338 e. The number of hydrogen-bond donors (Lipinski definition) is 0. The molecular formula is C16H28N4. The lowest BCUT2D eigenvalue weighted by Gasteiger charge is -2.27. The highest BCUT2D eigenvalue weighted by Crippen LogP contribution is 2.23. The average molecular weight is 276 g/mol. The quantitative estimate of drug-likeness (QED) is 0.855. The highest BCUT2D eigenvalue weighted by Gasteiger charge is 2.20. The van der Waals surface area contributed by atoms with Gasteiger partial charge in [0.25, 0.3) is 0 Å². The van der Waals surface area contributed by atoms with Crippen LogP contribution in [-0.4, -0.2) is 19.1 Å². The second kappa shape index (κ2) is 6.73. The predicted molar refractivity (Wildman–Crippen MR) is 83.9 cm³/mol. The molecule has 0 aliphatic carbocycles. The molecule has 0 aliphatic rings. The molecule has 0 atom stereocenters. The fraction of sp³-hybridized carbons (Fsp3) is 0.625. The highest BCUT2D eigenvalue weighted by molar-refractivity contribution is 5.04. The van der Waals surface area contributed by atoms with E-state index in [0.717, 1.165) is 17.3 Å². The van der Waals surface area contributed by atoms with Gasteiger partial charge in [0.15, 0.2) is 0 Å². The standard InChI is InChI=1S/C11H20N2.C5H8N2/c1-6-7-11(4,5)13-8-9(2)12-10(13)3;1-5-6-3-4-7(5)2/h8H,6-7H2,1-5H3;3-4H,1-2H3. The van der Waals surface area contributed by atoms with E-state index >= 15 is 0 Å². The van der Waals surface area contributed by atoms with Crippen molar-refractivity contribution in [3.63, 3.8) is 0 Å².